The molecule has 3 rings (SSSR count). The Balaban J connectivity index is 0.00000147. The predicted octanol–water partition coefficient (Wildman–Crippen LogP) is 2.95. The van der Waals surface area contributed by atoms with Gasteiger partial charge >= 0.3 is 0 Å². The van der Waals surface area contributed by atoms with Crippen molar-refractivity contribution >= 4 is 18.1 Å². The van der Waals surface area contributed by atoms with Crippen LogP contribution in [0.2, 0.25) is 0 Å². The topological polar surface area (TPSA) is 42.2 Å². The van der Waals surface area contributed by atoms with E-state index in [1.54, 1.807) is 0 Å². The Hall–Kier alpha value is -1.58. The Kier molecular flexibility index (Phi) is 4.63. The monoisotopic (exact) mass is 289 g/mol. The van der Waals surface area contributed by atoms with Crippen LogP contribution in [0, 0.1) is 6.92 Å². The molecule has 0 radical (unpaired) electrons. The summed E-state index contributed by atoms with van der Waals surface area (Å²) in [6.45, 7) is 5.03. The number of halogens is 1. The lowest BCUT2D eigenvalue weighted by molar-refractivity contribution is 0.243. The summed E-state index contributed by atoms with van der Waals surface area (Å²) in [5.74, 6) is 0. The molecule has 4 heteroatoms. The van der Waals surface area contributed by atoms with Gasteiger partial charge in [0, 0.05) is 31.5 Å². The lowest BCUT2D eigenvalue weighted by Gasteiger charge is -2.29. The van der Waals surface area contributed by atoms with Crippen LogP contribution in [-0.2, 0) is 19.5 Å². The van der Waals surface area contributed by atoms with Crippen molar-refractivity contribution < 1.29 is 0 Å². The number of nitrogen functional groups attached to an aromatic ring is 1. The molecule has 0 amide bonds. The molecule has 2 heterocycles. The van der Waals surface area contributed by atoms with E-state index in [-0.39, 0.29) is 12.4 Å². The fourth-order valence-corrected chi connectivity index (χ4v) is 2.69. The minimum atomic E-state index is 0. The number of anilines is 1. The van der Waals surface area contributed by atoms with Crippen molar-refractivity contribution in [1.29, 1.82) is 0 Å². The van der Waals surface area contributed by atoms with Gasteiger partial charge in [0.05, 0.1) is 5.69 Å². The van der Waals surface area contributed by atoms with Crippen molar-refractivity contribution in [2.45, 2.75) is 26.4 Å². The molecule has 1 aromatic heterocycles. The molecule has 3 nitrogen and oxygen atoms in total. The first-order chi connectivity index (χ1) is 9.24. The molecule has 0 saturated carbocycles. The first kappa shape index (κ1) is 14.8. The number of fused-ring (bicyclic) bond motifs is 1. The predicted molar refractivity (Wildman–Crippen MR) is 84.9 cm³/mol. The summed E-state index contributed by atoms with van der Waals surface area (Å²) in [6.07, 6.45) is 2.95. The fourth-order valence-electron chi connectivity index (χ4n) is 2.69. The lowest BCUT2D eigenvalue weighted by atomic mass is 9.98. The average Bonchev–Trinajstić information content (AvgIpc) is 2.42. The minimum absolute atomic E-state index is 0. The molecular weight excluding hydrogens is 270 g/mol. The zero-order chi connectivity index (χ0) is 13.2. The maximum Gasteiger partial charge on any atom is 0.0573 e. The average molecular weight is 290 g/mol. The zero-order valence-corrected chi connectivity index (χ0v) is 12.5. The van der Waals surface area contributed by atoms with Crippen molar-refractivity contribution in [3.63, 3.8) is 0 Å². The van der Waals surface area contributed by atoms with Crippen LogP contribution in [0.3, 0.4) is 0 Å². The van der Waals surface area contributed by atoms with Gasteiger partial charge in [-0.25, -0.2) is 0 Å². The SMILES string of the molecule is Cc1cccnc1CN1CCc2cccc(N)c2C1.Cl. The van der Waals surface area contributed by atoms with Crippen LogP contribution in [0.5, 0.6) is 0 Å². The van der Waals surface area contributed by atoms with Crippen molar-refractivity contribution in [2.24, 2.45) is 0 Å². The molecule has 2 N–H and O–H groups in total. The molecule has 1 aliphatic rings. The largest absolute Gasteiger partial charge is 0.398 e. The summed E-state index contributed by atoms with van der Waals surface area (Å²) in [5, 5.41) is 0. The molecule has 20 heavy (non-hydrogen) atoms. The molecule has 0 bridgehead atoms. The molecule has 2 aromatic rings. The first-order valence-corrected chi connectivity index (χ1v) is 6.73. The van der Waals surface area contributed by atoms with Crippen LogP contribution in [0.1, 0.15) is 22.4 Å². The summed E-state index contributed by atoms with van der Waals surface area (Å²) in [7, 11) is 0. The van der Waals surface area contributed by atoms with Gasteiger partial charge in [-0.15, -0.1) is 12.4 Å². The van der Waals surface area contributed by atoms with Gasteiger partial charge in [0.15, 0.2) is 0 Å². The molecule has 1 aromatic carbocycles. The van der Waals surface area contributed by atoms with Crippen molar-refractivity contribution in [3.05, 3.63) is 58.9 Å². The highest BCUT2D eigenvalue weighted by molar-refractivity contribution is 5.85. The highest BCUT2D eigenvalue weighted by Crippen LogP contribution is 2.25. The van der Waals surface area contributed by atoms with Crippen LogP contribution in [0.4, 0.5) is 5.69 Å². The van der Waals surface area contributed by atoms with E-state index in [1.807, 2.05) is 24.4 Å². The number of hydrogen-bond acceptors (Lipinski definition) is 3. The van der Waals surface area contributed by atoms with E-state index >= 15 is 0 Å². The number of pyridine rings is 1. The minimum Gasteiger partial charge on any atom is -0.398 e. The van der Waals surface area contributed by atoms with Crippen molar-refractivity contribution in [2.75, 3.05) is 12.3 Å². The highest BCUT2D eigenvalue weighted by atomic mass is 35.5. The number of benzene rings is 1. The van der Waals surface area contributed by atoms with E-state index in [0.29, 0.717) is 0 Å². The second-order valence-corrected chi connectivity index (χ2v) is 5.21. The quantitative estimate of drug-likeness (QED) is 0.864. The Morgan fingerprint density at radius 2 is 2.10 bits per heavy atom. The van der Waals surface area contributed by atoms with E-state index in [9.17, 15) is 0 Å². The van der Waals surface area contributed by atoms with E-state index in [1.165, 1.54) is 22.4 Å². The van der Waals surface area contributed by atoms with Crippen LogP contribution in [0.15, 0.2) is 36.5 Å². The molecule has 1 aliphatic heterocycles. The van der Waals surface area contributed by atoms with E-state index in [4.69, 9.17) is 5.73 Å². The molecular formula is C16H20ClN3. The number of aromatic nitrogens is 1. The normalized spacial score (nSPS) is 14.4. The Labute approximate surface area is 126 Å². The zero-order valence-electron chi connectivity index (χ0n) is 11.7. The van der Waals surface area contributed by atoms with Gasteiger partial charge in [-0.2, -0.15) is 0 Å². The molecule has 0 fully saturated rings. The maximum atomic E-state index is 6.08. The van der Waals surface area contributed by atoms with Crippen LogP contribution < -0.4 is 5.73 Å². The third-order valence-electron chi connectivity index (χ3n) is 3.88. The standard InChI is InChI=1S/C16H19N3.ClH/c1-12-4-3-8-18-16(12)11-19-9-7-13-5-2-6-15(17)14(13)10-19;/h2-6,8H,7,9-11,17H2,1H3;1H. The molecule has 0 spiro atoms. The van der Waals surface area contributed by atoms with Gasteiger partial charge in [-0.05, 0) is 42.2 Å². The smallest absolute Gasteiger partial charge is 0.0573 e. The lowest BCUT2D eigenvalue weighted by Crippen LogP contribution is -2.31. The molecule has 0 atom stereocenters. The number of nitrogens with zero attached hydrogens (tertiary/aromatic N) is 2. The summed E-state index contributed by atoms with van der Waals surface area (Å²) < 4.78 is 0. The van der Waals surface area contributed by atoms with E-state index < -0.39 is 0 Å². The highest BCUT2D eigenvalue weighted by Gasteiger charge is 2.18. The second-order valence-electron chi connectivity index (χ2n) is 5.21. The first-order valence-electron chi connectivity index (χ1n) is 6.73. The fraction of sp³-hybridized carbons (Fsp3) is 0.312. The Bertz CT molecular complexity index is 598. The Morgan fingerprint density at radius 3 is 2.90 bits per heavy atom. The number of hydrogen-bond donors (Lipinski definition) is 1. The van der Waals surface area contributed by atoms with Gasteiger partial charge < -0.3 is 5.73 Å². The van der Waals surface area contributed by atoms with Crippen molar-refractivity contribution in [1.82, 2.24) is 9.88 Å². The summed E-state index contributed by atoms with van der Waals surface area (Å²) in [5.41, 5.74) is 12.1. The van der Waals surface area contributed by atoms with Gasteiger partial charge in [0.2, 0.25) is 0 Å². The van der Waals surface area contributed by atoms with Gasteiger partial charge in [-0.3, -0.25) is 9.88 Å². The number of rotatable bonds is 2. The molecule has 0 unspecified atom stereocenters. The number of nitrogens with two attached hydrogens (primary N) is 1. The third-order valence-corrected chi connectivity index (χ3v) is 3.88. The van der Waals surface area contributed by atoms with Crippen molar-refractivity contribution in [3.8, 4) is 0 Å². The third kappa shape index (κ3) is 2.94. The molecule has 0 aliphatic carbocycles. The molecule has 106 valence electrons. The van der Waals surface area contributed by atoms with Gasteiger partial charge in [0.1, 0.15) is 0 Å². The van der Waals surface area contributed by atoms with Gasteiger partial charge in [-0.1, -0.05) is 18.2 Å². The maximum absolute atomic E-state index is 6.08. The van der Waals surface area contributed by atoms with Crippen LogP contribution in [0.25, 0.3) is 0 Å². The van der Waals surface area contributed by atoms with E-state index in [0.717, 1.165) is 31.7 Å². The van der Waals surface area contributed by atoms with E-state index in [2.05, 4.69) is 28.9 Å². The van der Waals surface area contributed by atoms with Gasteiger partial charge in [0.25, 0.3) is 0 Å². The summed E-state index contributed by atoms with van der Waals surface area (Å²) >= 11 is 0. The number of aryl methyl sites for hydroxylation is 1. The van der Waals surface area contributed by atoms with Crippen LogP contribution in [-0.4, -0.2) is 16.4 Å². The van der Waals surface area contributed by atoms with Crippen LogP contribution >= 0.6 is 12.4 Å². The second kappa shape index (κ2) is 6.25. The Morgan fingerprint density at radius 1 is 1.25 bits per heavy atom. The summed E-state index contributed by atoms with van der Waals surface area (Å²) in [4.78, 5) is 6.90. The summed E-state index contributed by atoms with van der Waals surface area (Å²) in [6, 6.07) is 10.3. The molecule has 0 saturated heterocycles.